The normalized spacial score (nSPS) is 10.6. The van der Waals surface area contributed by atoms with E-state index in [-0.39, 0.29) is 22.6 Å². The highest BCUT2D eigenvalue weighted by Gasteiger charge is 2.21. The number of ketones is 1. The summed E-state index contributed by atoms with van der Waals surface area (Å²) in [5.41, 5.74) is 2.78. The van der Waals surface area contributed by atoms with Crippen molar-refractivity contribution < 1.29 is 28.7 Å². The first-order valence-electron chi connectivity index (χ1n) is 10.9. The summed E-state index contributed by atoms with van der Waals surface area (Å²) in [5.74, 6) is -0.580. The van der Waals surface area contributed by atoms with Crippen molar-refractivity contribution in [1.29, 1.82) is 0 Å². The molecule has 0 bridgehead atoms. The number of nitro benzene ring substituents is 1. The number of carbonyl (C=O) groups excluding carboxylic acids is 2. The van der Waals surface area contributed by atoms with Gasteiger partial charge in [0, 0.05) is 22.6 Å². The molecule has 4 rings (SSSR count). The van der Waals surface area contributed by atoms with Crippen molar-refractivity contribution in [2.75, 3.05) is 20.8 Å². The second kappa shape index (κ2) is 10.2. The molecule has 1 heterocycles. The SMILES string of the molecule is COc1ccc(-c2cc(C(=O)OCC(=O)c3ccc(OC)c([N+](=O)[O-])c3)c3cc(C)ccc3n2)cc1. The predicted molar refractivity (Wildman–Crippen MR) is 133 cm³/mol. The van der Waals surface area contributed by atoms with Crippen molar-refractivity contribution in [1.82, 2.24) is 4.98 Å². The van der Waals surface area contributed by atoms with Gasteiger partial charge in [0.2, 0.25) is 5.78 Å². The number of carbonyl (C=O) groups is 2. The molecule has 0 radical (unpaired) electrons. The molecule has 0 aliphatic carbocycles. The molecule has 4 aromatic rings. The molecule has 36 heavy (non-hydrogen) atoms. The van der Waals surface area contributed by atoms with Crippen molar-refractivity contribution in [3.05, 3.63) is 93.5 Å². The van der Waals surface area contributed by atoms with Crippen LogP contribution < -0.4 is 9.47 Å². The predicted octanol–water partition coefficient (Wildman–Crippen LogP) is 5.18. The number of fused-ring (bicyclic) bond motifs is 1. The van der Waals surface area contributed by atoms with E-state index in [2.05, 4.69) is 4.98 Å². The van der Waals surface area contributed by atoms with Gasteiger partial charge in [-0.25, -0.2) is 9.78 Å². The third-order valence-electron chi connectivity index (χ3n) is 5.60. The molecule has 0 amide bonds. The van der Waals surface area contributed by atoms with Crippen LogP contribution in [0.15, 0.2) is 66.7 Å². The van der Waals surface area contributed by atoms with Crippen LogP contribution in [0.3, 0.4) is 0 Å². The average molecular weight is 486 g/mol. The lowest BCUT2D eigenvalue weighted by Gasteiger charge is -2.11. The number of Topliss-reactive ketones (excluding diaryl/α,β-unsaturated/α-hetero) is 1. The Labute approximate surface area is 206 Å². The fraction of sp³-hybridized carbons (Fsp3) is 0.148. The molecule has 1 aromatic heterocycles. The number of hydrogen-bond donors (Lipinski definition) is 0. The lowest BCUT2D eigenvalue weighted by atomic mass is 10.0. The first-order chi connectivity index (χ1) is 17.3. The molecule has 0 saturated heterocycles. The maximum absolute atomic E-state index is 13.1. The molecule has 0 aliphatic heterocycles. The largest absolute Gasteiger partial charge is 0.497 e. The third kappa shape index (κ3) is 5.00. The van der Waals surface area contributed by atoms with Crippen LogP contribution in [0, 0.1) is 17.0 Å². The van der Waals surface area contributed by atoms with Gasteiger partial charge in [-0.05, 0) is 61.5 Å². The molecule has 0 aliphatic rings. The summed E-state index contributed by atoms with van der Waals surface area (Å²) in [4.78, 5) is 41.1. The Kier molecular flexibility index (Phi) is 6.91. The van der Waals surface area contributed by atoms with E-state index in [0.717, 1.165) is 17.2 Å². The van der Waals surface area contributed by atoms with Crippen LogP contribution in [0.4, 0.5) is 5.69 Å². The molecule has 0 saturated carbocycles. The smallest absolute Gasteiger partial charge is 0.339 e. The van der Waals surface area contributed by atoms with Crippen LogP contribution >= 0.6 is 0 Å². The zero-order valence-corrected chi connectivity index (χ0v) is 19.8. The minimum atomic E-state index is -0.709. The van der Waals surface area contributed by atoms with Crippen molar-refractivity contribution in [3.8, 4) is 22.8 Å². The van der Waals surface area contributed by atoms with Gasteiger partial charge in [0.25, 0.3) is 0 Å². The number of nitrogens with zero attached hydrogens (tertiary/aromatic N) is 2. The van der Waals surface area contributed by atoms with Crippen molar-refractivity contribution in [3.63, 3.8) is 0 Å². The van der Waals surface area contributed by atoms with Crippen molar-refractivity contribution in [2.45, 2.75) is 6.92 Å². The number of rotatable bonds is 8. The Bertz CT molecular complexity index is 1480. The van der Waals surface area contributed by atoms with E-state index in [0.29, 0.717) is 22.3 Å². The molecule has 9 nitrogen and oxygen atoms in total. The number of methoxy groups -OCH3 is 2. The molecule has 0 spiro atoms. The second-order valence-corrected chi connectivity index (χ2v) is 7.95. The zero-order valence-electron chi connectivity index (χ0n) is 19.8. The number of aromatic nitrogens is 1. The van der Waals surface area contributed by atoms with E-state index in [9.17, 15) is 19.7 Å². The first kappa shape index (κ1) is 24.3. The Balaban J connectivity index is 1.63. The average Bonchev–Trinajstić information content (AvgIpc) is 2.90. The van der Waals surface area contributed by atoms with Gasteiger partial charge in [0.05, 0.1) is 35.9 Å². The first-order valence-corrected chi connectivity index (χ1v) is 10.9. The van der Waals surface area contributed by atoms with Crippen molar-refractivity contribution >= 4 is 28.3 Å². The molecule has 9 heteroatoms. The quantitative estimate of drug-likeness (QED) is 0.145. The van der Waals surface area contributed by atoms with E-state index in [1.54, 1.807) is 25.3 Å². The number of hydrogen-bond acceptors (Lipinski definition) is 8. The maximum Gasteiger partial charge on any atom is 0.339 e. The number of benzene rings is 3. The van der Waals surface area contributed by atoms with Gasteiger partial charge in [-0.3, -0.25) is 14.9 Å². The van der Waals surface area contributed by atoms with E-state index < -0.39 is 23.3 Å². The minimum Gasteiger partial charge on any atom is -0.497 e. The summed E-state index contributed by atoms with van der Waals surface area (Å²) in [6.07, 6.45) is 0. The zero-order chi connectivity index (χ0) is 25.8. The lowest BCUT2D eigenvalue weighted by Crippen LogP contribution is -2.15. The second-order valence-electron chi connectivity index (χ2n) is 7.95. The number of esters is 1. The van der Waals surface area contributed by atoms with E-state index in [1.807, 2.05) is 37.3 Å². The molecule has 0 unspecified atom stereocenters. The Morgan fingerprint density at radius 2 is 1.69 bits per heavy atom. The van der Waals surface area contributed by atoms with E-state index >= 15 is 0 Å². The highest BCUT2D eigenvalue weighted by Crippen LogP contribution is 2.29. The van der Waals surface area contributed by atoms with Gasteiger partial charge in [0.15, 0.2) is 12.4 Å². The molecular formula is C27H22N2O7. The van der Waals surface area contributed by atoms with Crippen LogP contribution in [-0.2, 0) is 4.74 Å². The molecule has 3 aromatic carbocycles. The van der Waals surface area contributed by atoms with Crippen LogP contribution in [0.5, 0.6) is 11.5 Å². The van der Waals surface area contributed by atoms with Crippen molar-refractivity contribution in [2.24, 2.45) is 0 Å². The standard InChI is InChI=1S/C27H22N2O7/c1-16-4-10-22-20(12-16)21(14-23(28-22)17-5-8-19(34-2)9-6-17)27(31)36-15-25(30)18-7-11-26(35-3)24(13-18)29(32)33/h4-14H,15H2,1-3H3. The van der Waals surface area contributed by atoms with Crippen LogP contribution in [0.25, 0.3) is 22.2 Å². The molecule has 0 N–H and O–H groups in total. The Hall–Kier alpha value is -4.79. The monoisotopic (exact) mass is 486 g/mol. The van der Waals surface area contributed by atoms with Crippen LogP contribution in [0.1, 0.15) is 26.3 Å². The summed E-state index contributed by atoms with van der Waals surface area (Å²) >= 11 is 0. The van der Waals surface area contributed by atoms with Crippen LogP contribution in [0.2, 0.25) is 0 Å². The van der Waals surface area contributed by atoms with Crippen LogP contribution in [-0.4, -0.2) is 42.5 Å². The maximum atomic E-state index is 13.1. The summed E-state index contributed by atoms with van der Waals surface area (Å²) in [6, 6.07) is 18.2. The Morgan fingerprint density at radius 1 is 0.944 bits per heavy atom. The van der Waals surface area contributed by atoms with E-state index in [4.69, 9.17) is 14.2 Å². The summed E-state index contributed by atoms with van der Waals surface area (Å²) in [5, 5.41) is 11.8. The summed E-state index contributed by atoms with van der Waals surface area (Å²) in [6.45, 7) is 1.31. The van der Waals surface area contributed by atoms with Gasteiger partial charge in [-0.15, -0.1) is 0 Å². The molecule has 0 fully saturated rings. The third-order valence-corrected chi connectivity index (χ3v) is 5.60. The topological polar surface area (TPSA) is 118 Å². The number of pyridine rings is 1. The summed E-state index contributed by atoms with van der Waals surface area (Å²) < 4.78 is 15.5. The highest BCUT2D eigenvalue weighted by molar-refractivity contribution is 6.06. The molecule has 0 atom stereocenters. The van der Waals surface area contributed by atoms with Gasteiger partial charge in [-0.2, -0.15) is 0 Å². The van der Waals surface area contributed by atoms with Gasteiger partial charge in [0.1, 0.15) is 5.75 Å². The van der Waals surface area contributed by atoms with Gasteiger partial charge < -0.3 is 14.2 Å². The molecule has 182 valence electrons. The highest BCUT2D eigenvalue weighted by atomic mass is 16.6. The Morgan fingerprint density at radius 3 is 2.36 bits per heavy atom. The fourth-order valence-electron chi connectivity index (χ4n) is 3.72. The van der Waals surface area contributed by atoms with E-state index in [1.165, 1.54) is 19.2 Å². The minimum absolute atomic E-state index is 0.0261. The number of aryl methyl sites for hydroxylation is 1. The summed E-state index contributed by atoms with van der Waals surface area (Å²) in [7, 11) is 2.87. The lowest BCUT2D eigenvalue weighted by molar-refractivity contribution is -0.385. The van der Waals surface area contributed by atoms with Gasteiger partial charge >= 0.3 is 11.7 Å². The molecular weight excluding hydrogens is 464 g/mol. The number of nitro groups is 1. The fourth-order valence-corrected chi connectivity index (χ4v) is 3.72. The van der Waals surface area contributed by atoms with Gasteiger partial charge in [-0.1, -0.05) is 11.6 Å². The number of ether oxygens (including phenoxy) is 3.